The third-order valence-corrected chi connectivity index (χ3v) is 5.11. The molecule has 2 aliphatic rings. The molecule has 1 saturated heterocycles. The fraction of sp³-hybridized carbons (Fsp3) is 0.556. The lowest BCUT2D eigenvalue weighted by atomic mass is 9.90. The summed E-state index contributed by atoms with van der Waals surface area (Å²) < 4.78 is 5.17. The number of amides is 1. The first-order valence-electron chi connectivity index (χ1n) is 8.29. The second-order valence-electron chi connectivity index (χ2n) is 6.46. The van der Waals surface area contributed by atoms with Crippen LogP contribution in [0.4, 0.5) is 0 Å². The molecule has 0 spiro atoms. The summed E-state index contributed by atoms with van der Waals surface area (Å²) in [6, 6.07) is 7.23. The number of carboxylic acid groups (broad SMARTS) is 1. The van der Waals surface area contributed by atoms with Crippen LogP contribution < -0.4 is 4.74 Å². The number of aliphatic carboxylic acids is 1. The lowest BCUT2D eigenvalue weighted by Crippen LogP contribution is -2.40. The Morgan fingerprint density at radius 3 is 2.39 bits per heavy atom. The van der Waals surface area contributed by atoms with E-state index >= 15 is 0 Å². The molecule has 124 valence electrons. The fourth-order valence-corrected chi connectivity index (χ4v) is 3.96. The molecule has 1 N–H and O–H groups in total. The van der Waals surface area contributed by atoms with Gasteiger partial charge in [0.1, 0.15) is 5.75 Å². The molecule has 2 atom stereocenters. The number of hydrogen-bond acceptors (Lipinski definition) is 3. The van der Waals surface area contributed by atoms with Crippen LogP contribution >= 0.6 is 0 Å². The van der Waals surface area contributed by atoms with Crippen molar-refractivity contribution in [2.24, 2.45) is 5.92 Å². The molecule has 0 aromatic heterocycles. The van der Waals surface area contributed by atoms with Crippen LogP contribution in [0.25, 0.3) is 0 Å². The predicted molar refractivity (Wildman–Crippen MR) is 85.2 cm³/mol. The molecule has 1 aromatic carbocycles. The summed E-state index contributed by atoms with van der Waals surface area (Å²) in [5, 5.41) is 9.58. The normalized spacial score (nSPS) is 25.6. The van der Waals surface area contributed by atoms with Crippen molar-refractivity contribution in [3.63, 3.8) is 0 Å². The molecule has 0 radical (unpaired) electrons. The summed E-state index contributed by atoms with van der Waals surface area (Å²) in [4.78, 5) is 26.1. The van der Waals surface area contributed by atoms with E-state index in [1.54, 1.807) is 7.11 Å². The summed E-state index contributed by atoms with van der Waals surface area (Å²) in [5.41, 5.74) is 0.884. The van der Waals surface area contributed by atoms with Gasteiger partial charge in [0.25, 0.3) is 0 Å². The first-order valence-corrected chi connectivity index (χ1v) is 8.29. The summed E-state index contributed by atoms with van der Waals surface area (Å²) in [7, 11) is 1.60. The molecular weight excluding hydrogens is 294 g/mol. The van der Waals surface area contributed by atoms with Gasteiger partial charge < -0.3 is 14.7 Å². The number of carbonyl (C=O) groups excluding carboxylic acids is 1. The van der Waals surface area contributed by atoms with E-state index in [1.165, 1.54) is 6.42 Å². The van der Waals surface area contributed by atoms with Crippen LogP contribution in [0.15, 0.2) is 24.3 Å². The fourth-order valence-electron chi connectivity index (χ4n) is 3.96. The molecule has 1 saturated carbocycles. The standard InChI is InChI=1S/C18H23NO4/c1-23-14-9-7-12(8-10-14)17-15(18(21)22)11-16(20)19(17)13-5-3-2-4-6-13/h7-10,13,15,17H,2-6,11H2,1H3,(H,21,22)/t15-,17-/m1/s1. The maximum atomic E-state index is 12.5. The van der Waals surface area contributed by atoms with Gasteiger partial charge in [0.05, 0.1) is 19.1 Å². The zero-order valence-electron chi connectivity index (χ0n) is 13.4. The number of nitrogens with zero attached hydrogens (tertiary/aromatic N) is 1. The average molecular weight is 317 g/mol. The van der Waals surface area contributed by atoms with Gasteiger partial charge in [0.2, 0.25) is 5.91 Å². The molecule has 23 heavy (non-hydrogen) atoms. The summed E-state index contributed by atoms with van der Waals surface area (Å²) in [6.45, 7) is 0. The first-order chi connectivity index (χ1) is 11.1. The highest BCUT2D eigenvalue weighted by molar-refractivity contribution is 5.87. The van der Waals surface area contributed by atoms with E-state index in [1.807, 2.05) is 29.2 Å². The Bertz CT molecular complexity index is 577. The van der Waals surface area contributed by atoms with E-state index in [2.05, 4.69) is 0 Å². The van der Waals surface area contributed by atoms with E-state index < -0.39 is 11.9 Å². The minimum Gasteiger partial charge on any atom is -0.497 e. The van der Waals surface area contributed by atoms with Crippen LogP contribution in [0.1, 0.15) is 50.1 Å². The third kappa shape index (κ3) is 3.05. The van der Waals surface area contributed by atoms with E-state index in [9.17, 15) is 14.7 Å². The Balaban J connectivity index is 1.94. The van der Waals surface area contributed by atoms with Crippen molar-refractivity contribution in [3.05, 3.63) is 29.8 Å². The van der Waals surface area contributed by atoms with Gasteiger partial charge in [0, 0.05) is 12.5 Å². The van der Waals surface area contributed by atoms with Crippen LogP contribution in [0.3, 0.4) is 0 Å². The number of likely N-dealkylation sites (tertiary alicyclic amines) is 1. The Hall–Kier alpha value is -2.04. The molecule has 3 rings (SSSR count). The van der Waals surface area contributed by atoms with Crippen LogP contribution in [0.5, 0.6) is 5.75 Å². The van der Waals surface area contributed by atoms with Gasteiger partial charge in [0.15, 0.2) is 0 Å². The van der Waals surface area contributed by atoms with Gasteiger partial charge in [-0.2, -0.15) is 0 Å². The predicted octanol–water partition coefficient (Wildman–Crippen LogP) is 3.00. The van der Waals surface area contributed by atoms with Gasteiger partial charge in [-0.05, 0) is 30.5 Å². The summed E-state index contributed by atoms with van der Waals surface area (Å²) in [5.74, 6) is -0.852. The lowest BCUT2D eigenvalue weighted by molar-refractivity contribution is -0.142. The van der Waals surface area contributed by atoms with Gasteiger partial charge in [-0.1, -0.05) is 31.4 Å². The largest absolute Gasteiger partial charge is 0.497 e. The maximum absolute atomic E-state index is 12.5. The van der Waals surface area contributed by atoms with E-state index in [0.717, 1.165) is 37.0 Å². The van der Waals surface area contributed by atoms with Crippen LogP contribution in [0, 0.1) is 5.92 Å². The number of benzene rings is 1. The van der Waals surface area contributed by atoms with Gasteiger partial charge in [-0.25, -0.2) is 0 Å². The van der Waals surface area contributed by atoms with E-state index in [0.29, 0.717) is 0 Å². The molecule has 1 aliphatic heterocycles. The molecule has 0 unspecified atom stereocenters. The number of carboxylic acids is 1. The number of methoxy groups -OCH3 is 1. The summed E-state index contributed by atoms with van der Waals surface area (Å²) in [6.07, 6.45) is 5.48. The first kappa shape index (κ1) is 15.8. The minimum absolute atomic E-state index is 0.0230. The second-order valence-corrected chi connectivity index (χ2v) is 6.46. The molecule has 1 aromatic rings. The zero-order chi connectivity index (χ0) is 16.4. The molecule has 5 nitrogen and oxygen atoms in total. The van der Waals surface area contributed by atoms with Crippen molar-refractivity contribution in [2.45, 2.75) is 50.6 Å². The molecular formula is C18H23NO4. The number of ether oxygens (including phenoxy) is 1. The zero-order valence-corrected chi connectivity index (χ0v) is 13.4. The number of carbonyl (C=O) groups is 2. The van der Waals surface area contributed by atoms with Gasteiger partial charge >= 0.3 is 5.97 Å². The second kappa shape index (κ2) is 6.60. The minimum atomic E-state index is -0.891. The summed E-state index contributed by atoms with van der Waals surface area (Å²) >= 11 is 0. The number of hydrogen-bond donors (Lipinski definition) is 1. The Labute approximate surface area is 136 Å². The van der Waals surface area contributed by atoms with E-state index in [4.69, 9.17) is 4.74 Å². The van der Waals surface area contributed by atoms with E-state index in [-0.39, 0.29) is 24.4 Å². The maximum Gasteiger partial charge on any atom is 0.309 e. The van der Waals surface area contributed by atoms with Crippen molar-refractivity contribution in [1.82, 2.24) is 4.90 Å². The SMILES string of the molecule is COc1ccc([C@@H]2[C@H](C(=O)O)CC(=O)N2C2CCCCC2)cc1. The lowest BCUT2D eigenvalue weighted by Gasteiger charge is -2.37. The van der Waals surface area contributed by atoms with Crippen molar-refractivity contribution in [2.75, 3.05) is 7.11 Å². The molecule has 0 bridgehead atoms. The molecule has 1 heterocycles. The molecule has 1 amide bonds. The highest BCUT2D eigenvalue weighted by atomic mass is 16.5. The van der Waals surface area contributed by atoms with Crippen molar-refractivity contribution in [3.8, 4) is 5.75 Å². The van der Waals surface area contributed by atoms with Gasteiger partial charge in [-0.15, -0.1) is 0 Å². The molecule has 2 fully saturated rings. The number of rotatable bonds is 4. The van der Waals surface area contributed by atoms with Crippen molar-refractivity contribution < 1.29 is 19.4 Å². The molecule has 5 heteroatoms. The Morgan fingerprint density at radius 1 is 1.17 bits per heavy atom. The topological polar surface area (TPSA) is 66.8 Å². The van der Waals surface area contributed by atoms with Crippen molar-refractivity contribution >= 4 is 11.9 Å². The smallest absolute Gasteiger partial charge is 0.309 e. The molecule has 1 aliphatic carbocycles. The monoisotopic (exact) mass is 317 g/mol. The quantitative estimate of drug-likeness (QED) is 0.927. The third-order valence-electron chi connectivity index (χ3n) is 5.11. The van der Waals surface area contributed by atoms with Gasteiger partial charge in [-0.3, -0.25) is 9.59 Å². The Morgan fingerprint density at radius 2 is 1.83 bits per heavy atom. The Kier molecular flexibility index (Phi) is 4.55. The van der Waals surface area contributed by atoms with Crippen LogP contribution in [-0.4, -0.2) is 35.0 Å². The average Bonchev–Trinajstić information content (AvgIpc) is 2.93. The van der Waals surface area contributed by atoms with Crippen LogP contribution in [0.2, 0.25) is 0 Å². The highest BCUT2D eigenvalue weighted by Crippen LogP contribution is 2.42. The highest BCUT2D eigenvalue weighted by Gasteiger charge is 2.47. The van der Waals surface area contributed by atoms with Crippen LogP contribution in [-0.2, 0) is 9.59 Å². The van der Waals surface area contributed by atoms with Crippen molar-refractivity contribution in [1.29, 1.82) is 0 Å².